The molecule has 0 aliphatic carbocycles. The second kappa shape index (κ2) is 11.4. The number of hydrogen-bond acceptors (Lipinski definition) is 6. The van der Waals surface area contributed by atoms with Crippen molar-refractivity contribution in [3.05, 3.63) is 99.6 Å². The van der Waals surface area contributed by atoms with Gasteiger partial charge in [-0.3, -0.25) is 14.9 Å². The van der Waals surface area contributed by atoms with Crippen molar-refractivity contribution in [2.75, 3.05) is 13.1 Å². The van der Waals surface area contributed by atoms with Gasteiger partial charge in [-0.2, -0.15) is 4.31 Å². The van der Waals surface area contributed by atoms with Crippen LogP contribution in [0.15, 0.2) is 87.5 Å². The van der Waals surface area contributed by atoms with Gasteiger partial charge in [0.05, 0.1) is 14.7 Å². The molecule has 0 bridgehead atoms. The van der Waals surface area contributed by atoms with Gasteiger partial charge >= 0.3 is 0 Å². The first kappa shape index (κ1) is 26.3. The Hall–Kier alpha value is -3.27. The first-order valence-electron chi connectivity index (χ1n) is 11.0. The van der Waals surface area contributed by atoms with Gasteiger partial charge in [0.25, 0.3) is 5.69 Å². The summed E-state index contributed by atoms with van der Waals surface area (Å²) < 4.78 is 26.5. The van der Waals surface area contributed by atoms with Gasteiger partial charge < -0.3 is 0 Å². The maximum Gasteiger partial charge on any atom is 0.283 e. The normalized spacial score (nSPS) is 11.8. The fraction of sp³-hybridized carbons (Fsp3) is 0.192. The van der Waals surface area contributed by atoms with Crippen LogP contribution in [0, 0.1) is 17.0 Å². The van der Waals surface area contributed by atoms with Crippen LogP contribution in [0.5, 0.6) is 0 Å². The Kier molecular flexibility index (Phi) is 8.61. The van der Waals surface area contributed by atoms with Crippen LogP contribution < -0.4 is 0 Å². The number of sulfonamides is 1. The van der Waals surface area contributed by atoms with Gasteiger partial charge in [-0.1, -0.05) is 55.4 Å². The van der Waals surface area contributed by atoms with Crippen LogP contribution in [-0.2, 0) is 10.0 Å². The third-order valence-electron chi connectivity index (χ3n) is 5.34. The number of allylic oxidation sites excluding steroid dienone is 1. The second-order valence-electron chi connectivity index (χ2n) is 7.71. The molecule has 0 radical (unpaired) electrons. The molecule has 0 aliphatic rings. The predicted molar refractivity (Wildman–Crippen MR) is 138 cm³/mol. The highest BCUT2D eigenvalue weighted by Crippen LogP contribution is 2.35. The second-order valence-corrected chi connectivity index (χ2v) is 10.8. The molecular weight excluding hydrogens is 484 g/mol. The van der Waals surface area contributed by atoms with Crippen molar-refractivity contribution in [3.63, 3.8) is 0 Å². The lowest BCUT2D eigenvalue weighted by Crippen LogP contribution is -2.30. The smallest absolute Gasteiger partial charge is 0.283 e. The molecule has 3 aromatic rings. The molecule has 0 unspecified atom stereocenters. The summed E-state index contributed by atoms with van der Waals surface area (Å²) in [7, 11) is -3.60. The van der Waals surface area contributed by atoms with E-state index in [1.54, 1.807) is 26.0 Å². The monoisotopic (exact) mass is 510 g/mol. The standard InChI is InChI=1S/C26H26N2O5S2/c1-4-27(5-2)35(32,33)23-14-10-21(11-15-23)25(29)16-8-20-9-17-26(24(18-20)28(30)31)34-22-12-6-19(3)7-13-22/h6-18H,4-5H2,1-3H3/b16-8+. The molecule has 182 valence electrons. The first-order chi connectivity index (χ1) is 16.6. The lowest BCUT2D eigenvalue weighted by atomic mass is 10.1. The number of nitrogens with zero attached hydrogens (tertiary/aromatic N) is 2. The predicted octanol–water partition coefficient (Wildman–Crippen LogP) is 5.98. The summed E-state index contributed by atoms with van der Waals surface area (Å²) >= 11 is 1.30. The van der Waals surface area contributed by atoms with E-state index in [1.165, 1.54) is 58.6 Å². The van der Waals surface area contributed by atoms with Crippen LogP contribution in [0.4, 0.5) is 5.69 Å². The van der Waals surface area contributed by atoms with Gasteiger partial charge in [0, 0.05) is 29.6 Å². The number of aryl methyl sites for hydroxylation is 1. The zero-order valence-electron chi connectivity index (χ0n) is 19.7. The summed E-state index contributed by atoms with van der Waals surface area (Å²) in [6.45, 7) is 6.22. The minimum absolute atomic E-state index is 0.0452. The molecule has 3 aromatic carbocycles. The van der Waals surface area contributed by atoms with Gasteiger partial charge in [-0.05, 0) is 61.0 Å². The molecule has 0 fully saturated rings. The molecule has 0 heterocycles. The number of ketones is 1. The lowest BCUT2D eigenvalue weighted by molar-refractivity contribution is -0.387. The summed E-state index contributed by atoms with van der Waals surface area (Å²) in [4.78, 5) is 25.3. The number of carbonyl (C=O) groups excluding carboxylic acids is 1. The molecular formula is C26H26N2O5S2. The van der Waals surface area contributed by atoms with E-state index >= 15 is 0 Å². The van der Waals surface area contributed by atoms with Crippen LogP contribution >= 0.6 is 11.8 Å². The first-order valence-corrected chi connectivity index (χ1v) is 13.3. The van der Waals surface area contributed by atoms with Crippen molar-refractivity contribution >= 4 is 39.3 Å². The molecule has 0 spiro atoms. The Balaban J connectivity index is 1.78. The molecule has 0 amide bonds. The third-order valence-corrected chi connectivity index (χ3v) is 8.47. The maximum atomic E-state index is 12.6. The van der Waals surface area contributed by atoms with Gasteiger partial charge in [0.1, 0.15) is 0 Å². The molecule has 3 rings (SSSR count). The molecule has 0 saturated carbocycles. The number of benzene rings is 3. The molecule has 0 saturated heterocycles. The molecule has 0 N–H and O–H groups in total. The average Bonchev–Trinajstić information content (AvgIpc) is 2.85. The molecule has 0 aliphatic heterocycles. The van der Waals surface area contributed by atoms with Crippen molar-refractivity contribution in [1.29, 1.82) is 0 Å². The van der Waals surface area contributed by atoms with Crippen LogP contribution in [-0.4, -0.2) is 36.5 Å². The van der Waals surface area contributed by atoms with Crippen LogP contribution in [0.25, 0.3) is 6.08 Å². The summed E-state index contributed by atoms with van der Waals surface area (Å²) in [5.41, 5.74) is 1.89. The molecule has 7 nitrogen and oxygen atoms in total. The average molecular weight is 511 g/mol. The highest BCUT2D eigenvalue weighted by molar-refractivity contribution is 7.99. The van der Waals surface area contributed by atoms with E-state index in [4.69, 9.17) is 0 Å². The molecule has 0 aromatic heterocycles. The van der Waals surface area contributed by atoms with E-state index in [-0.39, 0.29) is 16.4 Å². The van der Waals surface area contributed by atoms with Crippen molar-refractivity contribution < 1.29 is 18.1 Å². The van der Waals surface area contributed by atoms with E-state index in [0.717, 1.165) is 10.5 Å². The van der Waals surface area contributed by atoms with E-state index in [1.807, 2.05) is 31.2 Å². The Labute approximate surface area is 209 Å². The van der Waals surface area contributed by atoms with Crippen molar-refractivity contribution in [2.24, 2.45) is 0 Å². The molecule has 35 heavy (non-hydrogen) atoms. The number of carbonyl (C=O) groups is 1. The number of hydrogen-bond donors (Lipinski definition) is 0. The fourth-order valence-corrected chi connectivity index (χ4v) is 5.73. The van der Waals surface area contributed by atoms with E-state index in [2.05, 4.69) is 0 Å². The van der Waals surface area contributed by atoms with E-state index in [0.29, 0.717) is 29.1 Å². The van der Waals surface area contributed by atoms with Crippen molar-refractivity contribution in [2.45, 2.75) is 35.5 Å². The van der Waals surface area contributed by atoms with Crippen molar-refractivity contribution in [3.8, 4) is 0 Å². The van der Waals surface area contributed by atoms with Crippen LogP contribution in [0.1, 0.15) is 35.3 Å². The Morgan fingerprint density at radius 2 is 1.63 bits per heavy atom. The largest absolute Gasteiger partial charge is 0.289 e. The highest BCUT2D eigenvalue weighted by Gasteiger charge is 2.21. The fourth-order valence-electron chi connectivity index (χ4n) is 3.37. The van der Waals surface area contributed by atoms with Crippen LogP contribution in [0.2, 0.25) is 0 Å². The summed E-state index contributed by atoms with van der Waals surface area (Å²) in [6.07, 6.45) is 2.83. The zero-order valence-corrected chi connectivity index (χ0v) is 21.3. The maximum absolute atomic E-state index is 12.6. The van der Waals surface area contributed by atoms with E-state index < -0.39 is 14.9 Å². The number of nitro benzene ring substituents is 1. The molecule has 0 atom stereocenters. The lowest BCUT2D eigenvalue weighted by Gasteiger charge is -2.18. The van der Waals surface area contributed by atoms with E-state index in [9.17, 15) is 23.3 Å². The van der Waals surface area contributed by atoms with Gasteiger partial charge in [-0.15, -0.1) is 0 Å². The SMILES string of the molecule is CCN(CC)S(=O)(=O)c1ccc(C(=O)/C=C/c2ccc(Sc3ccc(C)cc3)c([N+](=O)[O-])c2)cc1. The summed E-state index contributed by atoms with van der Waals surface area (Å²) in [5, 5.41) is 11.6. The molecule has 9 heteroatoms. The summed E-state index contributed by atoms with van der Waals surface area (Å²) in [5.74, 6) is -0.336. The van der Waals surface area contributed by atoms with Crippen LogP contribution in [0.3, 0.4) is 0 Å². The van der Waals surface area contributed by atoms with Gasteiger partial charge in [0.2, 0.25) is 10.0 Å². The number of nitro groups is 1. The summed E-state index contributed by atoms with van der Waals surface area (Å²) in [6, 6.07) is 18.3. The Morgan fingerprint density at radius 3 is 2.20 bits per heavy atom. The Morgan fingerprint density at radius 1 is 1.00 bits per heavy atom. The minimum atomic E-state index is -3.60. The zero-order chi connectivity index (χ0) is 25.6. The van der Waals surface area contributed by atoms with Crippen molar-refractivity contribution in [1.82, 2.24) is 4.31 Å². The topological polar surface area (TPSA) is 97.6 Å². The minimum Gasteiger partial charge on any atom is -0.289 e. The van der Waals surface area contributed by atoms with Gasteiger partial charge in [-0.25, -0.2) is 8.42 Å². The van der Waals surface area contributed by atoms with Gasteiger partial charge in [0.15, 0.2) is 5.78 Å². The highest BCUT2D eigenvalue weighted by atomic mass is 32.2. The quantitative estimate of drug-likeness (QED) is 0.144. The third kappa shape index (κ3) is 6.45. The Bertz CT molecular complexity index is 1350. The number of rotatable bonds is 10.